The molecule has 3 aliphatic rings. The van der Waals surface area contributed by atoms with E-state index in [-0.39, 0.29) is 30.3 Å². The van der Waals surface area contributed by atoms with Gasteiger partial charge in [0.05, 0.1) is 13.2 Å². The summed E-state index contributed by atoms with van der Waals surface area (Å²) in [7, 11) is 0. The Morgan fingerprint density at radius 3 is 2.46 bits per heavy atom. The molecule has 3 aliphatic heterocycles. The van der Waals surface area contributed by atoms with Crippen molar-refractivity contribution in [2.45, 2.75) is 51.5 Å². The van der Waals surface area contributed by atoms with Gasteiger partial charge in [0, 0.05) is 26.1 Å². The Hall–Kier alpha value is -0.850. The number of amides is 2. The molecule has 0 aromatic rings. The number of hydrogen-bond donors (Lipinski definition) is 1. The molecule has 2 unspecified atom stereocenters. The third-order valence-corrected chi connectivity index (χ3v) is 6.12. The van der Waals surface area contributed by atoms with E-state index >= 15 is 0 Å². The Kier molecular flexibility index (Phi) is 8.64. The number of morpholine rings is 1. The van der Waals surface area contributed by atoms with Crippen LogP contribution in [0.3, 0.4) is 0 Å². The number of halogens is 1. The number of rotatable bonds is 4. The van der Waals surface area contributed by atoms with Gasteiger partial charge in [-0.3, -0.25) is 9.59 Å². The Labute approximate surface area is 163 Å². The van der Waals surface area contributed by atoms with Gasteiger partial charge in [-0.15, -0.1) is 12.4 Å². The maximum atomic E-state index is 13.0. The molecule has 2 amide bonds. The van der Waals surface area contributed by atoms with E-state index in [2.05, 4.69) is 12.2 Å². The monoisotopic (exact) mass is 387 g/mol. The minimum atomic E-state index is -0.250. The molecule has 150 valence electrons. The second-order valence-corrected chi connectivity index (χ2v) is 7.81. The third kappa shape index (κ3) is 5.33. The van der Waals surface area contributed by atoms with Crippen LogP contribution in [0.5, 0.6) is 0 Å². The van der Waals surface area contributed by atoms with Crippen molar-refractivity contribution >= 4 is 24.2 Å². The molecule has 3 heterocycles. The predicted molar refractivity (Wildman–Crippen MR) is 103 cm³/mol. The molecular weight excluding hydrogens is 354 g/mol. The lowest BCUT2D eigenvalue weighted by Crippen LogP contribution is -2.55. The van der Waals surface area contributed by atoms with E-state index < -0.39 is 0 Å². The summed E-state index contributed by atoms with van der Waals surface area (Å²) in [5, 5.41) is 3.39. The lowest BCUT2D eigenvalue weighted by molar-refractivity contribution is -0.150. The van der Waals surface area contributed by atoms with Crippen LogP contribution in [0.15, 0.2) is 0 Å². The molecule has 0 aromatic carbocycles. The average molecular weight is 388 g/mol. The highest BCUT2D eigenvalue weighted by Crippen LogP contribution is 2.27. The summed E-state index contributed by atoms with van der Waals surface area (Å²) in [5.74, 6) is 1.34. The second-order valence-electron chi connectivity index (χ2n) is 7.81. The van der Waals surface area contributed by atoms with Gasteiger partial charge in [0.25, 0.3) is 0 Å². The van der Waals surface area contributed by atoms with Crippen molar-refractivity contribution in [1.82, 2.24) is 15.1 Å². The smallest absolute Gasteiger partial charge is 0.245 e. The highest BCUT2D eigenvalue weighted by atomic mass is 35.5. The molecule has 0 bridgehead atoms. The number of piperidine rings is 2. The number of nitrogens with one attached hydrogen (secondary N) is 1. The zero-order chi connectivity index (χ0) is 17.6. The van der Waals surface area contributed by atoms with Gasteiger partial charge < -0.3 is 19.9 Å². The topological polar surface area (TPSA) is 61.9 Å². The standard InChI is InChI=1S/C19H33N3O3.ClH/c1-15(16-5-7-20-8-6-16)14-18(23)22-9-3-2-4-17(22)19(24)21-10-12-25-13-11-21;/h15-17,20H,2-14H2,1H3;1H. The summed E-state index contributed by atoms with van der Waals surface area (Å²) in [4.78, 5) is 29.7. The minimum Gasteiger partial charge on any atom is -0.378 e. The van der Waals surface area contributed by atoms with E-state index in [4.69, 9.17) is 4.74 Å². The number of carbonyl (C=O) groups excluding carboxylic acids is 2. The lowest BCUT2D eigenvalue weighted by Gasteiger charge is -2.39. The third-order valence-electron chi connectivity index (χ3n) is 6.12. The van der Waals surface area contributed by atoms with Crippen LogP contribution in [0.4, 0.5) is 0 Å². The molecule has 0 aromatic heterocycles. The van der Waals surface area contributed by atoms with Crippen molar-refractivity contribution in [1.29, 1.82) is 0 Å². The zero-order valence-electron chi connectivity index (χ0n) is 16.0. The van der Waals surface area contributed by atoms with Gasteiger partial charge in [0.1, 0.15) is 6.04 Å². The minimum absolute atomic E-state index is 0. The van der Waals surface area contributed by atoms with E-state index in [9.17, 15) is 9.59 Å². The average Bonchev–Trinajstić information content (AvgIpc) is 2.68. The van der Waals surface area contributed by atoms with Crippen molar-refractivity contribution in [3.63, 3.8) is 0 Å². The SMILES string of the molecule is CC(CC(=O)N1CCCCC1C(=O)N1CCOCC1)C1CCNCC1.Cl. The van der Waals surface area contributed by atoms with Gasteiger partial charge in [-0.1, -0.05) is 6.92 Å². The summed E-state index contributed by atoms with van der Waals surface area (Å²) >= 11 is 0. The van der Waals surface area contributed by atoms with Crippen LogP contribution in [0, 0.1) is 11.8 Å². The van der Waals surface area contributed by atoms with Crippen LogP contribution < -0.4 is 5.32 Å². The first-order chi connectivity index (χ1) is 12.2. The van der Waals surface area contributed by atoms with Gasteiger partial charge in [-0.2, -0.15) is 0 Å². The first kappa shape index (κ1) is 21.5. The van der Waals surface area contributed by atoms with Gasteiger partial charge >= 0.3 is 0 Å². The summed E-state index contributed by atoms with van der Waals surface area (Å²) in [6.45, 7) is 7.59. The van der Waals surface area contributed by atoms with Gasteiger partial charge in [0.2, 0.25) is 11.8 Å². The Bertz CT molecular complexity index is 465. The van der Waals surface area contributed by atoms with Crippen molar-refractivity contribution in [3.05, 3.63) is 0 Å². The Morgan fingerprint density at radius 1 is 1.08 bits per heavy atom. The van der Waals surface area contributed by atoms with E-state index in [0.29, 0.717) is 44.6 Å². The fourth-order valence-electron chi connectivity index (χ4n) is 4.45. The van der Waals surface area contributed by atoms with Crippen LogP contribution in [-0.2, 0) is 14.3 Å². The zero-order valence-corrected chi connectivity index (χ0v) is 16.8. The van der Waals surface area contributed by atoms with Crippen molar-refractivity contribution in [2.24, 2.45) is 11.8 Å². The largest absolute Gasteiger partial charge is 0.378 e. The van der Waals surface area contributed by atoms with Crippen LogP contribution in [0.1, 0.15) is 45.4 Å². The predicted octanol–water partition coefficient (Wildman–Crippen LogP) is 1.67. The number of carbonyl (C=O) groups is 2. The summed E-state index contributed by atoms with van der Waals surface area (Å²) < 4.78 is 5.35. The number of hydrogen-bond acceptors (Lipinski definition) is 4. The van der Waals surface area contributed by atoms with Crippen LogP contribution in [0.25, 0.3) is 0 Å². The second kappa shape index (κ2) is 10.5. The molecule has 0 aliphatic carbocycles. The van der Waals surface area contributed by atoms with Crippen molar-refractivity contribution in [3.8, 4) is 0 Å². The van der Waals surface area contributed by atoms with Gasteiger partial charge in [0.15, 0.2) is 0 Å². The molecular formula is C19H34ClN3O3. The molecule has 3 rings (SSSR count). The number of ether oxygens (including phenoxy) is 1. The van der Waals surface area contributed by atoms with E-state index in [1.807, 2.05) is 9.80 Å². The quantitative estimate of drug-likeness (QED) is 0.797. The molecule has 0 radical (unpaired) electrons. The first-order valence-corrected chi connectivity index (χ1v) is 10.0. The van der Waals surface area contributed by atoms with Gasteiger partial charge in [-0.25, -0.2) is 0 Å². The van der Waals surface area contributed by atoms with E-state index in [0.717, 1.165) is 51.7 Å². The Balaban J connectivity index is 0.00000243. The van der Waals surface area contributed by atoms with Gasteiger partial charge in [-0.05, 0) is 57.0 Å². The summed E-state index contributed by atoms with van der Waals surface area (Å²) in [6.07, 6.45) is 5.76. The molecule has 7 heteroatoms. The highest BCUT2D eigenvalue weighted by molar-refractivity contribution is 5.88. The maximum absolute atomic E-state index is 13.0. The fraction of sp³-hybridized carbons (Fsp3) is 0.895. The van der Waals surface area contributed by atoms with Crippen molar-refractivity contribution < 1.29 is 14.3 Å². The summed E-state index contributed by atoms with van der Waals surface area (Å²) in [6, 6.07) is -0.250. The lowest BCUT2D eigenvalue weighted by atomic mass is 9.83. The molecule has 2 atom stereocenters. The first-order valence-electron chi connectivity index (χ1n) is 10.0. The molecule has 0 saturated carbocycles. The number of nitrogens with zero attached hydrogens (tertiary/aromatic N) is 2. The molecule has 1 N–H and O–H groups in total. The van der Waals surface area contributed by atoms with Crippen LogP contribution in [-0.4, -0.2) is 73.6 Å². The molecule has 26 heavy (non-hydrogen) atoms. The fourth-order valence-corrected chi connectivity index (χ4v) is 4.45. The van der Waals surface area contributed by atoms with Crippen LogP contribution in [0.2, 0.25) is 0 Å². The van der Waals surface area contributed by atoms with E-state index in [1.54, 1.807) is 0 Å². The normalized spacial score (nSPS) is 26.1. The molecule has 0 spiro atoms. The van der Waals surface area contributed by atoms with Crippen LogP contribution >= 0.6 is 12.4 Å². The maximum Gasteiger partial charge on any atom is 0.245 e. The summed E-state index contributed by atoms with van der Waals surface area (Å²) in [5.41, 5.74) is 0. The number of likely N-dealkylation sites (tertiary alicyclic amines) is 1. The Morgan fingerprint density at radius 2 is 1.77 bits per heavy atom. The van der Waals surface area contributed by atoms with E-state index in [1.165, 1.54) is 0 Å². The molecule has 3 fully saturated rings. The highest BCUT2D eigenvalue weighted by Gasteiger charge is 2.36. The molecule has 3 saturated heterocycles. The molecule has 6 nitrogen and oxygen atoms in total. The van der Waals surface area contributed by atoms with Crippen molar-refractivity contribution in [2.75, 3.05) is 45.9 Å².